The normalized spacial score (nSPS) is 13.0. The molecule has 2 rings (SSSR count). The molecule has 0 bridgehead atoms. The third kappa shape index (κ3) is 5.33. The number of hydrogen-bond acceptors (Lipinski definition) is 5. The van der Waals surface area contributed by atoms with Crippen LogP contribution in [0.3, 0.4) is 0 Å². The summed E-state index contributed by atoms with van der Waals surface area (Å²) in [7, 11) is -3.37. The van der Waals surface area contributed by atoms with Crippen LogP contribution in [0, 0.1) is 10.1 Å². The predicted octanol–water partition coefficient (Wildman–Crippen LogP) is 2.94. The van der Waals surface area contributed by atoms with Gasteiger partial charge >= 0.3 is 6.18 Å². The van der Waals surface area contributed by atoms with Crippen molar-refractivity contribution in [2.24, 2.45) is 0 Å². The van der Waals surface area contributed by atoms with E-state index in [1.165, 1.54) is 32.2 Å². The highest BCUT2D eigenvalue weighted by Crippen LogP contribution is 2.34. The number of rotatable bonds is 7. The lowest BCUT2D eigenvalue weighted by atomic mass is 10.1. The number of para-hydroxylation sites is 1. The van der Waals surface area contributed by atoms with Gasteiger partial charge in [0.25, 0.3) is 5.69 Å². The Balaban J connectivity index is 2.21. The lowest BCUT2D eigenvalue weighted by Crippen LogP contribution is -2.45. The molecule has 1 N–H and O–H groups in total. The highest BCUT2D eigenvalue weighted by molar-refractivity contribution is 7.89. The molecule has 0 saturated heterocycles. The number of carbonyl (C=O) groups excluding carboxylic acids is 1. The number of likely N-dealkylation sites (N-methyl/N-ethyl adjacent to an activating group) is 1. The lowest BCUT2D eigenvalue weighted by molar-refractivity contribution is -0.385. The molecule has 2 aromatic carbocycles. The fourth-order valence-electron chi connectivity index (χ4n) is 2.77. The first-order valence-electron chi connectivity index (χ1n) is 8.50. The minimum atomic E-state index is -4.90. The maximum Gasteiger partial charge on any atom is 0.417 e. The highest BCUT2D eigenvalue weighted by atomic mass is 32.2. The van der Waals surface area contributed by atoms with Crippen LogP contribution in [0.25, 0.3) is 0 Å². The van der Waals surface area contributed by atoms with E-state index in [0.29, 0.717) is 6.07 Å². The zero-order valence-corrected chi connectivity index (χ0v) is 16.7. The van der Waals surface area contributed by atoms with Gasteiger partial charge in [0.1, 0.15) is 0 Å². The molecule has 0 heterocycles. The third-order valence-corrected chi connectivity index (χ3v) is 5.76. The molecule has 0 aliphatic heterocycles. The number of benzene rings is 2. The number of amides is 1. The van der Waals surface area contributed by atoms with Crippen molar-refractivity contribution in [2.75, 3.05) is 7.05 Å². The second-order valence-electron chi connectivity index (χ2n) is 6.42. The Morgan fingerprint density at radius 1 is 1.17 bits per heavy atom. The van der Waals surface area contributed by atoms with Crippen LogP contribution >= 0.6 is 0 Å². The van der Waals surface area contributed by atoms with Crippen LogP contribution in [0.4, 0.5) is 18.9 Å². The first-order valence-corrected chi connectivity index (χ1v) is 9.98. The van der Waals surface area contributed by atoms with E-state index in [2.05, 4.69) is 0 Å². The number of nitrogens with one attached hydrogen (secondary N) is 1. The van der Waals surface area contributed by atoms with Crippen LogP contribution in [-0.4, -0.2) is 37.2 Å². The van der Waals surface area contributed by atoms with Crippen molar-refractivity contribution in [2.45, 2.75) is 30.6 Å². The summed E-state index contributed by atoms with van der Waals surface area (Å²) in [4.78, 5) is 23.0. The number of nitro groups is 1. The van der Waals surface area contributed by atoms with E-state index in [1.807, 2.05) is 4.72 Å². The van der Waals surface area contributed by atoms with E-state index in [-0.39, 0.29) is 17.8 Å². The Hall–Kier alpha value is -2.99. The molecule has 0 aliphatic rings. The first kappa shape index (κ1) is 23.3. The number of hydrogen-bond donors (Lipinski definition) is 1. The smallest absolute Gasteiger partial charge is 0.340 e. The molecule has 8 nitrogen and oxygen atoms in total. The van der Waals surface area contributed by atoms with Gasteiger partial charge in [-0.15, -0.1) is 0 Å². The second kappa shape index (κ2) is 8.79. The molecule has 30 heavy (non-hydrogen) atoms. The molecule has 162 valence electrons. The van der Waals surface area contributed by atoms with Crippen molar-refractivity contribution in [1.82, 2.24) is 9.62 Å². The van der Waals surface area contributed by atoms with Crippen LogP contribution in [0.15, 0.2) is 53.4 Å². The topological polar surface area (TPSA) is 110 Å². The number of carbonyl (C=O) groups is 1. The molecule has 1 unspecified atom stereocenters. The van der Waals surface area contributed by atoms with Crippen molar-refractivity contribution < 1.29 is 31.3 Å². The van der Waals surface area contributed by atoms with Crippen LogP contribution in [-0.2, 0) is 27.5 Å². The highest BCUT2D eigenvalue weighted by Gasteiger charge is 2.37. The van der Waals surface area contributed by atoms with Gasteiger partial charge in [-0.1, -0.05) is 30.3 Å². The van der Waals surface area contributed by atoms with E-state index in [0.717, 1.165) is 23.1 Å². The quantitative estimate of drug-likeness (QED) is 0.521. The Labute approximate surface area is 170 Å². The fraction of sp³-hybridized carbons (Fsp3) is 0.278. The monoisotopic (exact) mass is 445 g/mol. The van der Waals surface area contributed by atoms with Gasteiger partial charge in [0.05, 0.1) is 28.0 Å². The zero-order valence-electron chi connectivity index (χ0n) is 15.9. The summed E-state index contributed by atoms with van der Waals surface area (Å²) in [5, 5.41) is 11.1. The number of nitro benzene ring substituents is 1. The Morgan fingerprint density at radius 2 is 1.73 bits per heavy atom. The van der Waals surface area contributed by atoms with Crippen LogP contribution in [0.5, 0.6) is 0 Å². The van der Waals surface area contributed by atoms with E-state index in [4.69, 9.17) is 0 Å². The molecule has 0 spiro atoms. The summed E-state index contributed by atoms with van der Waals surface area (Å²) in [6.45, 7) is 0.979. The van der Waals surface area contributed by atoms with Gasteiger partial charge in [0, 0.05) is 18.7 Å². The van der Waals surface area contributed by atoms with Gasteiger partial charge in [-0.3, -0.25) is 14.9 Å². The first-order chi connectivity index (χ1) is 13.8. The molecular formula is C18H18F3N3O5S. The van der Waals surface area contributed by atoms with Crippen molar-refractivity contribution in [3.05, 3.63) is 69.8 Å². The van der Waals surface area contributed by atoms with E-state index < -0.39 is 43.5 Å². The molecule has 1 atom stereocenters. The number of nitrogens with zero attached hydrogens (tertiary/aromatic N) is 2. The number of alkyl halides is 3. The standard InChI is InChI=1S/C18H18F3N3O5S/c1-12(17(25)23(2)11-13-7-3-5-9-15(13)24(26)27)22-30(28,29)16-10-6-4-8-14(16)18(19,20)21/h3-10,12,22H,11H2,1-2H3. The summed E-state index contributed by atoms with van der Waals surface area (Å²) in [5.74, 6) is -0.777. The Kier molecular flexibility index (Phi) is 6.83. The van der Waals surface area contributed by atoms with Gasteiger partial charge < -0.3 is 4.90 Å². The van der Waals surface area contributed by atoms with Gasteiger partial charge in [-0.05, 0) is 19.1 Å². The average molecular weight is 445 g/mol. The summed E-state index contributed by atoms with van der Waals surface area (Å²) in [5.41, 5.74) is -1.36. The molecular weight excluding hydrogens is 427 g/mol. The Morgan fingerprint density at radius 3 is 2.33 bits per heavy atom. The average Bonchev–Trinajstić information content (AvgIpc) is 2.66. The van der Waals surface area contributed by atoms with Crippen molar-refractivity contribution in [3.8, 4) is 0 Å². The van der Waals surface area contributed by atoms with Gasteiger partial charge in [-0.2, -0.15) is 17.9 Å². The molecule has 1 amide bonds. The molecule has 0 aliphatic carbocycles. The van der Waals surface area contributed by atoms with Gasteiger partial charge in [0.2, 0.25) is 15.9 Å². The van der Waals surface area contributed by atoms with Crippen LogP contribution < -0.4 is 4.72 Å². The largest absolute Gasteiger partial charge is 0.417 e. The SMILES string of the molecule is CC(NS(=O)(=O)c1ccccc1C(F)(F)F)C(=O)N(C)Cc1ccccc1[N+](=O)[O-]. The van der Waals surface area contributed by atoms with Gasteiger partial charge in [-0.25, -0.2) is 8.42 Å². The Bertz CT molecular complexity index is 1060. The summed E-state index contributed by atoms with van der Waals surface area (Å²) < 4.78 is 66.2. The van der Waals surface area contributed by atoms with Crippen molar-refractivity contribution in [1.29, 1.82) is 0 Å². The third-order valence-electron chi connectivity index (χ3n) is 4.16. The van der Waals surface area contributed by atoms with E-state index in [1.54, 1.807) is 6.07 Å². The second-order valence-corrected chi connectivity index (χ2v) is 8.10. The predicted molar refractivity (Wildman–Crippen MR) is 101 cm³/mol. The minimum absolute atomic E-state index is 0.193. The molecule has 12 heteroatoms. The fourth-order valence-corrected chi connectivity index (χ4v) is 4.19. The summed E-state index contributed by atoms with van der Waals surface area (Å²) in [6.07, 6.45) is -4.90. The molecule has 0 saturated carbocycles. The summed E-state index contributed by atoms with van der Waals surface area (Å²) in [6, 6.07) is 7.89. The molecule has 0 aromatic heterocycles. The van der Waals surface area contributed by atoms with Gasteiger partial charge in [0.15, 0.2) is 0 Å². The zero-order chi connectivity index (χ0) is 22.7. The number of sulfonamides is 1. The maximum atomic E-state index is 13.1. The minimum Gasteiger partial charge on any atom is -0.340 e. The molecule has 2 aromatic rings. The summed E-state index contributed by atoms with van der Waals surface area (Å²) >= 11 is 0. The van der Waals surface area contributed by atoms with Crippen LogP contribution in [0.1, 0.15) is 18.1 Å². The van der Waals surface area contributed by atoms with Crippen molar-refractivity contribution >= 4 is 21.6 Å². The molecule has 0 radical (unpaired) electrons. The van der Waals surface area contributed by atoms with Crippen molar-refractivity contribution in [3.63, 3.8) is 0 Å². The maximum absolute atomic E-state index is 13.1. The van der Waals surface area contributed by atoms with E-state index >= 15 is 0 Å². The van der Waals surface area contributed by atoms with Crippen LogP contribution in [0.2, 0.25) is 0 Å². The van der Waals surface area contributed by atoms with E-state index in [9.17, 15) is 36.5 Å². The molecule has 0 fully saturated rings. The lowest BCUT2D eigenvalue weighted by Gasteiger charge is -2.22. The number of halogens is 3.